The number of aromatic amines is 1. The van der Waals surface area contributed by atoms with Crippen molar-refractivity contribution in [2.45, 2.75) is 241 Å². The molecule has 1 aliphatic rings. The summed E-state index contributed by atoms with van der Waals surface area (Å²) in [5.41, 5.74) is 23.4. The molecule has 32 N–H and O–H groups in total. The van der Waals surface area contributed by atoms with E-state index in [-0.39, 0.29) is 126 Å². The summed E-state index contributed by atoms with van der Waals surface area (Å²) in [5, 5.41) is 96.5. The van der Waals surface area contributed by atoms with Gasteiger partial charge in [-0.1, -0.05) is 109 Å². The van der Waals surface area contributed by atoms with Crippen molar-refractivity contribution < 1.29 is 96.8 Å². The van der Waals surface area contributed by atoms with Crippen molar-refractivity contribution in [2.75, 3.05) is 50.8 Å². The lowest BCUT2D eigenvalue weighted by atomic mass is 9.97. The predicted molar refractivity (Wildman–Crippen MR) is 485 cm³/mol. The van der Waals surface area contributed by atoms with Crippen LogP contribution in [0.1, 0.15) is 154 Å². The second-order valence-corrected chi connectivity index (χ2v) is 32.1. The Bertz CT molecular complexity index is 4350. The van der Waals surface area contributed by atoms with Crippen molar-refractivity contribution in [1.82, 2.24) is 105 Å². The highest BCUT2D eigenvalue weighted by molar-refractivity contribution is 7.80. The van der Waals surface area contributed by atoms with Crippen LogP contribution in [0.3, 0.4) is 0 Å². The Hall–Kier alpha value is -13.1. The molecule has 1 fully saturated rings. The number of phenolic OH excluding ortho intramolecular Hbond substituents is 1. The zero-order valence-corrected chi connectivity index (χ0v) is 75.8. The molecule has 0 saturated carbocycles. The summed E-state index contributed by atoms with van der Waals surface area (Å²) in [4.78, 5) is 245. The van der Waals surface area contributed by atoms with Gasteiger partial charge in [0, 0.05) is 68.7 Å². The number of hydrogen-bond donors (Lipinski definition) is 30. The number of aromatic hydroxyl groups is 1. The minimum atomic E-state index is -2.03. The first-order valence-corrected chi connectivity index (χ1v) is 44.4. The SMILES string of the molecule is CCCCCCC(=O)N[C@@H](CS)C(=O)N[C@@H](Cc1cnc[nH]1)C(=O)N[C@@H](Cc1ccccc1)C(=O)N[C@H](C)C(=O)NCC(=O)N[C@@H](CCCNC(=N)N)C(=O)N[C@H](CCCC)C(=O)N[C@@H](CC(=O)O)C(=O)N[C@@H](CCCNC(=N)N)C(=O)N[C@H](C(=O)N[C@@H](CO)C(=O)N[C@@H](CS)C(=O)N[C@@H](Cc1ccc(O)cc1)C(=O)N1C[C@H](C(N)=O)NC(=O)[C@@H]1CCCNC(=N)N)[C@@H](C)CC. The van der Waals surface area contributed by atoms with Crippen LogP contribution in [0, 0.1) is 22.1 Å². The number of amides is 16. The average Bonchev–Trinajstić information content (AvgIpc) is 1.56. The lowest BCUT2D eigenvalue weighted by molar-refractivity contribution is -0.149. The number of rotatable bonds is 60. The number of primary amides is 1. The van der Waals surface area contributed by atoms with E-state index in [1.165, 1.54) is 50.6 Å². The molecule has 1 aromatic heterocycles. The van der Waals surface area contributed by atoms with E-state index in [2.05, 4.69) is 126 Å². The summed E-state index contributed by atoms with van der Waals surface area (Å²) < 4.78 is 0. The molecule has 0 unspecified atom stereocenters. The van der Waals surface area contributed by atoms with Crippen LogP contribution < -0.4 is 113 Å². The summed E-state index contributed by atoms with van der Waals surface area (Å²) in [7, 11) is 0. The number of thiol groups is 2. The van der Waals surface area contributed by atoms with Gasteiger partial charge in [-0.25, -0.2) is 4.98 Å². The van der Waals surface area contributed by atoms with E-state index in [4.69, 9.17) is 39.2 Å². The number of H-pyrrole nitrogens is 1. The molecule has 15 atom stereocenters. The number of nitrogens with zero attached hydrogens (tertiary/aromatic N) is 2. The fourth-order valence-electron chi connectivity index (χ4n) is 13.4. The van der Waals surface area contributed by atoms with Crippen LogP contribution in [-0.4, -0.2) is 284 Å². The number of aromatic nitrogens is 2. The summed E-state index contributed by atoms with van der Waals surface area (Å²) in [6.07, 6.45) is 4.72. The van der Waals surface area contributed by atoms with Gasteiger partial charge in [0.2, 0.25) is 94.5 Å². The topological polar surface area (TPSA) is 763 Å². The summed E-state index contributed by atoms with van der Waals surface area (Å²) >= 11 is 8.55. The zero-order chi connectivity index (χ0) is 97.4. The predicted octanol–water partition coefficient (Wildman–Crippen LogP) is -6.40. The number of unbranched alkanes of at least 4 members (excludes halogenated alkanes) is 4. The number of carboxylic acids is 1. The second-order valence-electron chi connectivity index (χ2n) is 31.4. The number of carbonyl (C=O) groups excluding carboxylic acids is 16. The number of guanidine groups is 3. The fourth-order valence-corrected chi connectivity index (χ4v) is 13.9. The number of aliphatic hydroxyl groups excluding tert-OH is 1. The van der Waals surface area contributed by atoms with Gasteiger partial charge in [0.25, 0.3) is 0 Å². The average molecular weight is 1880 g/mol. The van der Waals surface area contributed by atoms with Crippen LogP contribution in [-0.2, 0) is 101 Å². The summed E-state index contributed by atoms with van der Waals surface area (Å²) in [6, 6.07) is -7.47. The molecule has 1 saturated heterocycles. The Balaban J connectivity index is 1.54. The molecule has 2 aromatic carbocycles. The maximum Gasteiger partial charge on any atom is 0.305 e. The van der Waals surface area contributed by atoms with E-state index >= 15 is 0 Å². The molecule has 4 rings (SSSR count). The first kappa shape index (κ1) is 110. The second kappa shape index (κ2) is 58.5. The van der Waals surface area contributed by atoms with Crippen LogP contribution in [0.15, 0.2) is 67.1 Å². The lowest BCUT2D eigenvalue weighted by Gasteiger charge is -2.40. The molecule has 0 radical (unpaired) electrons. The molecule has 1 aliphatic heterocycles. The fraction of sp³-hybridized carbons (Fsp3) is 0.573. The number of aliphatic hydroxyl groups is 1. The number of imidazole rings is 1. The van der Waals surface area contributed by atoms with Gasteiger partial charge in [0.1, 0.15) is 90.3 Å². The third-order valence-corrected chi connectivity index (χ3v) is 21.7. The van der Waals surface area contributed by atoms with Crippen LogP contribution in [0.5, 0.6) is 5.75 Å². The standard InChI is InChI=1S/C82H129N27O20S2/c1-6-9-11-15-25-62(112)98-59(41-130)75(125)102-54(35-48-37-90-43-95-48)72(122)101-53(33-46-19-13-12-14-20-46)71(121)96-45(5)67(117)94-38-63(113)97-50(22-16-30-91-80(84)85)68(118)99-51(21-10-7-2)69(119)103-55(36-64(114)115)73(123)100-52(23-17-31-92-81(86)87)70(120)108-65(44(4)8-3)78(128)106-58(40-110)74(124)107-60(42-131)76(126)104-56(34-47-26-28-49(111)29-27-47)79(129)109-39-57(66(83)116)105-77(127)61(109)24-18-32-93-82(88)89/h12-14,19-20,26-29,37,43-45,50-61,65,110-111,130-131H,6-11,15-18,21-25,30-36,38-42H2,1-5H3,(H2,83,116)(H,90,95)(H,94,117)(H,96,121)(H,97,113)(H,98,112)(H,99,118)(H,100,123)(H,101,122)(H,102,125)(H,103,119)(H,104,126)(H,105,127)(H,106,128)(H,107,124)(H,108,120)(H,114,115)(H4,84,85,91)(H4,86,87,92)(H4,88,89,93)/t44-,45+,50-,51+,52-,53-,54-,55-,56-,57+,58-,59-,60-,61-,65-/m0/s1. The molecule has 0 bridgehead atoms. The highest BCUT2D eigenvalue weighted by Gasteiger charge is 2.44. The van der Waals surface area contributed by atoms with Crippen molar-refractivity contribution in [3.8, 4) is 5.75 Å². The highest BCUT2D eigenvalue weighted by atomic mass is 32.1. The molecule has 49 heteroatoms. The molecule has 2 heterocycles. The lowest BCUT2D eigenvalue weighted by Crippen LogP contribution is -2.67. The van der Waals surface area contributed by atoms with E-state index in [0.29, 0.717) is 29.7 Å². The first-order chi connectivity index (χ1) is 62.3. The number of carbonyl (C=O) groups is 17. The number of aliphatic carboxylic acids is 1. The Morgan fingerprint density at radius 3 is 1.50 bits per heavy atom. The molecule has 3 aromatic rings. The summed E-state index contributed by atoms with van der Waals surface area (Å²) in [6.45, 7) is 5.81. The quantitative estimate of drug-likeness (QED) is 0.0108. The van der Waals surface area contributed by atoms with Crippen molar-refractivity contribution in [3.63, 3.8) is 0 Å². The van der Waals surface area contributed by atoms with E-state index in [1.54, 1.807) is 44.2 Å². The van der Waals surface area contributed by atoms with Gasteiger partial charge in [-0.05, 0) is 87.5 Å². The van der Waals surface area contributed by atoms with Crippen molar-refractivity contribution in [2.24, 2.45) is 28.9 Å². The number of benzene rings is 2. The Morgan fingerprint density at radius 2 is 0.962 bits per heavy atom. The van der Waals surface area contributed by atoms with Crippen molar-refractivity contribution in [3.05, 3.63) is 83.9 Å². The van der Waals surface area contributed by atoms with Crippen molar-refractivity contribution in [1.29, 1.82) is 16.2 Å². The third-order valence-electron chi connectivity index (χ3n) is 20.9. The van der Waals surface area contributed by atoms with Gasteiger partial charge in [0.05, 0.1) is 32.4 Å². The molecule has 16 amide bonds. The molecule has 47 nitrogen and oxygen atoms in total. The van der Waals surface area contributed by atoms with Crippen LogP contribution in [0.2, 0.25) is 0 Å². The van der Waals surface area contributed by atoms with Crippen LogP contribution in [0.25, 0.3) is 0 Å². The molecule has 0 aliphatic carbocycles. The van der Waals surface area contributed by atoms with E-state index in [0.717, 1.165) is 24.2 Å². The van der Waals surface area contributed by atoms with Gasteiger partial charge >= 0.3 is 5.97 Å². The maximum absolute atomic E-state index is 14.7. The zero-order valence-electron chi connectivity index (χ0n) is 74.0. The van der Waals surface area contributed by atoms with Gasteiger partial charge in [-0.3, -0.25) is 97.7 Å². The molecular weight excluding hydrogens is 1750 g/mol. The monoisotopic (exact) mass is 1880 g/mol. The number of phenols is 1. The Kier molecular flexibility index (Phi) is 49.2. The minimum Gasteiger partial charge on any atom is -0.508 e. The summed E-state index contributed by atoms with van der Waals surface area (Å²) in [5.74, 6) is -19.7. The Morgan fingerprint density at radius 1 is 0.504 bits per heavy atom. The van der Waals surface area contributed by atoms with Crippen molar-refractivity contribution >= 4 is 144 Å². The molecule has 724 valence electrons. The third kappa shape index (κ3) is 40.2. The van der Waals surface area contributed by atoms with E-state index in [9.17, 15) is 96.8 Å². The highest BCUT2D eigenvalue weighted by Crippen LogP contribution is 2.21. The number of carboxylic acid groups (broad SMARTS) is 1. The van der Waals surface area contributed by atoms with Gasteiger partial charge < -0.3 is 139 Å². The smallest absolute Gasteiger partial charge is 0.305 e. The number of nitrogens with one attached hydrogen (secondary N) is 21. The van der Waals surface area contributed by atoms with Gasteiger partial charge in [-0.15, -0.1) is 0 Å². The number of hydrogen-bond acceptors (Lipinski definition) is 25. The molecule has 131 heavy (non-hydrogen) atoms. The van der Waals surface area contributed by atoms with Gasteiger partial charge in [0.15, 0.2) is 17.9 Å². The number of piperazine rings is 1. The first-order valence-electron chi connectivity index (χ1n) is 43.1. The molecular formula is C82H129N27O20S2. The number of nitrogens with two attached hydrogens (primary N) is 4. The van der Waals surface area contributed by atoms with E-state index < -0.39 is 229 Å². The molecule has 0 spiro atoms. The Labute approximate surface area is 768 Å². The minimum absolute atomic E-state index is 0.0141. The van der Waals surface area contributed by atoms with Gasteiger partial charge in [-0.2, -0.15) is 25.3 Å². The maximum atomic E-state index is 14.7. The van der Waals surface area contributed by atoms with Crippen LogP contribution in [0.4, 0.5) is 0 Å². The normalized spacial score (nSPS) is 15.8. The van der Waals surface area contributed by atoms with E-state index in [1.807, 2.05) is 6.92 Å². The van der Waals surface area contributed by atoms with Crippen LogP contribution >= 0.6 is 25.3 Å². The largest absolute Gasteiger partial charge is 0.508 e.